The van der Waals surface area contributed by atoms with Crippen LogP contribution in [-0.4, -0.2) is 12.1 Å². The van der Waals surface area contributed by atoms with Crippen LogP contribution in [0.2, 0.25) is 0 Å². The SMILES string of the molecule is CC(C)(N)CCCNCc1ccc(C(C)(C)C)cc1. The zero-order valence-electron chi connectivity index (χ0n) is 13.2. The molecule has 0 unspecified atom stereocenters. The van der Waals surface area contributed by atoms with Gasteiger partial charge in [0.15, 0.2) is 0 Å². The first-order valence-corrected chi connectivity index (χ1v) is 7.27. The summed E-state index contributed by atoms with van der Waals surface area (Å²) >= 11 is 0. The molecule has 1 rings (SSSR count). The van der Waals surface area contributed by atoms with Gasteiger partial charge in [0.1, 0.15) is 0 Å². The van der Waals surface area contributed by atoms with E-state index in [-0.39, 0.29) is 11.0 Å². The first-order chi connectivity index (χ1) is 8.68. The fraction of sp³-hybridized carbons (Fsp3) is 0.647. The Balaban J connectivity index is 2.31. The highest BCUT2D eigenvalue weighted by Crippen LogP contribution is 2.22. The smallest absolute Gasteiger partial charge is 0.0205 e. The quantitative estimate of drug-likeness (QED) is 0.769. The van der Waals surface area contributed by atoms with Gasteiger partial charge < -0.3 is 11.1 Å². The van der Waals surface area contributed by atoms with Gasteiger partial charge in [-0.3, -0.25) is 0 Å². The minimum atomic E-state index is -0.0456. The maximum atomic E-state index is 5.96. The van der Waals surface area contributed by atoms with Crippen LogP contribution in [0.3, 0.4) is 0 Å². The summed E-state index contributed by atoms with van der Waals surface area (Å²) in [7, 11) is 0. The van der Waals surface area contributed by atoms with Gasteiger partial charge in [-0.1, -0.05) is 45.0 Å². The Morgan fingerprint density at radius 2 is 1.58 bits per heavy atom. The maximum Gasteiger partial charge on any atom is 0.0205 e. The van der Waals surface area contributed by atoms with Crippen molar-refractivity contribution in [1.82, 2.24) is 5.32 Å². The minimum Gasteiger partial charge on any atom is -0.326 e. The molecular formula is C17H30N2. The number of benzene rings is 1. The van der Waals surface area contributed by atoms with Crippen LogP contribution in [0.4, 0.5) is 0 Å². The number of hydrogen-bond donors (Lipinski definition) is 2. The van der Waals surface area contributed by atoms with Crippen molar-refractivity contribution < 1.29 is 0 Å². The molecule has 0 saturated heterocycles. The van der Waals surface area contributed by atoms with Crippen molar-refractivity contribution in [2.24, 2.45) is 5.73 Å². The van der Waals surface area contributed by atoms with Crippen LogP contribution in [0.5, 0.6) is 0 Å². The van der Waals surface area contributed by atoms with Gasteiger partial charge in [0.05, 0.1) is 0 Å². The number of hydrogen-bond acceptors (Lipinski definition) is 2. The van der Waals surface area contributed by atoms with Crippen molar-refractivity contribution in [1.29, 1.82) is 0 Å². The highest BCUT2D eigenvalue weighted by Gasteiger charge is 2.12. The van der Waals surface area contributed by atoms with Gasteiger partial charge in [0.2, 0.25) is 0 Å². The Morgan fingerprint density at radius 1 is 1.00 bits per heavy atom. The van der Waals surface area contributed by atoms with Crippen LogP contribution in [-0.2, 0) is 12.0 Å². The van der Waals surface area contributed by atoms with Gasteiger partial charge in [0.25, 0.3) is 0 Å². The molecule has 108 valence electrons. The van der Waals surface area contributed by atoms with Crippen molar-refractivity contribution in [3.05, 3.63) is 35.4 Å². The molecule has 0 heterocycles. The Bertz CT molecular complexity index is 366. The van der Waals surface area contributed by atoms with Crippen molar-refractivity contribution in [2.45, 2.75) is 65.0 Å². The highest BCUT2D eigenvalue weighted by molar-refractivity contribution is 5.27. The second-order valence-electron chi connectivity index (χ2n) is 7.22. The standard InChI is InChI=1S/C17H30N2/c1-16(2,3)15-9-7-14(8-10-15)13-19-12-6-11-17(4,5)18/h7-10,19H,6,11-13,18H2,1-5H3. The average molecular weight is 262 g/mol. The topological polar surface area (TPSA) is 38.0 Å². The van der Waals surface area contributed by atoms with E-state index >= 15 is 0 Å². The van der Waals surface area contributed by atoms with E-state index < -0.39 is 0 Å². The molecule has 0 aliphatic heterocycles. The molecule has 2 nitrogen and oxygen atoms in total. The predicted octanol–water partition coefficient (Wildman–Crippen LogP) is 3.59. The second-order valence-corrected chi connectivity index (χ2v) is 7.22. The Morgan fingerprint density at radius 3 is 2.05 bits per heavy atom. The molecule has 0 atom stereocenters. The number of rotatable bonds is 6. The van der Waals surface area contributed by atoms with E-state index in [9.17, 15) is 0 Å². The van der Waals surface area contributed by atoms with Crippen LogP contribution in [0.1, 0.15) is 58.6 Å². The monoisotopic (exact) mass is 262 g/mol. The van der Waals surface area contributed by atoms with Gasteiger partial charge >= 0.3 is 0 Å². The molecule has 0 spiro atoms. The minimum absolute atomic E-state index is 0.0456. The zero-order valence-corrected chi connectivity index (χ0v) is 13.2. The van der Waals surface area contributed by atoms with E-state index in [4.69, 9.17) is 5.73 Å². The lowest BCUT2D eigenvalue weighted by Crippen LogP contribution is -2.32. The normalized spacial score (nSPS) is 12.7. The summed E-state index contributed by atoms with van der Waals surface area (Å²) < 4.78 is 0. The highest BCUT2D eigenvalue weighted by atomic mass is 14.8. The fourth-order valence-corrected chi connectivity index (χ4v) is 2.02. The third kappa shape index (κ3) is 6.74. The van der Waals surface area contributed by atoms with Crippen molar-refractivity contribution in [2.75, 3.05) is 6.54 Å². The van der Waals surface area contributed by atoms with E-state index in [0.29, 0.717) is 0 Å². The molecular weight excluding hydrogens is 232 g/mol. The molecule has 0 amide bonds. The lowest BCUT2D eigenvalue weighted by molar-refractivity contribution is 0.448. The first kappa shape index (κ1) is 16.2. The maximum absolute atomic E-state index is 5.96. The summed E-state index contributed by atoms with van der Waals surface area (Å²) in [4.78, 5) is 0. The molecule has 1 aromatic rings. The van der Waals surface area contributed by atoms with Crippen LogP contribution in [0.15, 0.2) is 24.3 Å². The van der Waals surface area contributed by atoms with E-state index in [1.54, 1.807) is 0 Å². The average Bonchev–Trinajstić information content (AvgIpc) is 2.26. The molecule has 0 aliphatic rings. The van der Waals surface area contributed by atoms with E-state index in [1.807, 2.05) is 0 Å². The summed E-state index contributed by atoms with van der Waals surface area (Å²) in [6, 6.07) is 8.92. The van der Waals surface area contributed by atoms with E-state index in [0.717, 1.165) is 25.9 Å². The molecule has 0 bridgehead atoms. The third-order valence-corrected chi connectivity index (χ3v) is 3.32. The van der Waals surface area contributed by atoms with Crippen LogP contribution in [0.25, 0.3) is 0 Å². The Labute approximate surface area is 118 Å². The van der Waals surface area contributed by atoms with Crippen LogP contribution >= 0.6 is 0 Å². The second kappa shape index (κ2) is 6.53. The van der Waals surface area contributed by atoms with Crippen molar-refractivity contribution >= 4 is 0 Å². The van der Waals surface area contributed by atoms with Crippen molar-refractivity contribution in [3.8, 4) is 0 Å². The van der Waals surface area contributed by atoms with E-state index in [2.05, 4.69) is 64.2 Å². The molecule has 0 radical (unpaired) electrons. The Kier molecular flexibility index (Phi) is 5.57. The van der Waals surface area contributed by atoms with Crippen molar-refractivity contribution in [3.63, 3.8) is 0 Å². The number of nitrogens with one attached hydrogen (secondary N) is 1. The van der Waals surface area contributed by atoms with Gasteiger partial charge in [0, 0.05) is 12.1 Å². The van der Waals surface area contributed by atoms with Crippen LogP contribution in [0, 0.1) is 0 Å². The lowest BCUT2D eigenvalue weighted by atomic mass is 9.87. The molecule has 0 aromatic heterocycles. The summed E-state index contributed by atoms with van der Waals surface area (Å²) in [5.74, 6) is 0. The largest absolute Gasteiger partial charge is 0.326 e. The molecule has 0 saturated carbocycles. The molecule has 2 heteroatoms. The zero-order chi connectivity index (χ0) is 14.5. The third-order valence-electron chi connectivity index (χ3n) is 3.32. The lowest BCUT2D eigenvalue weighted by Gasteiger charge is -2.19. The van der Waals surface area contributed by atoms with Gasteiger partial charge in [-0.2, -0.15) is 0 Å². The van der Waals surface area contributed by atoms with Gasteiger partial charge in [-0.25, -0.2) is 0 Å². The molecule has 0 fully saturated rings. The first-order valence-electron chi connectivity index (χ1n) is 7.27. The summed E-state index contributed by atoms with van der Waals surface area (Å²) in [6.07, 6.45) is 2.19. The Hall–Kier alpha value is -0.860. The number of nitrogens with two attached hydrogens (primary N) is 1. The van der Waals surface area contributed by atoms with E-state index in [1.165, 1.54) is 11.1 Å². The predicted molar refractivity (Wildman–Crippen MR) is 84.3 cm³/mol. The molecule has 19 heavy (non-hydrogen) atoms. The van der Waals surface area contributed by atoms with Gasteiger partial charge in [-0.15, -0.1) is 0 Å². The molecule has 1 aromatic carbocycles. The molecule has 3 N–H and O–H groups in total. The molecule has 0 aliphatic carbocycles. The summed E-state index contributed by atoms with van der Waals surface area (Å²) in [6.45, 7) is 12.9. The summed E-state index contributed by atoms with van der Waals surface area (Å²) in [5.41, 5.74) is 8.88. The summed E-state index contributed by atoms with van der Waals surface area (Å²) in [5, 5.41) is 3.48. The van der Waals surface area contributed by atoms with Crippen LogP contribution < -0.4 is 11.1 Å². The fourth-order valence-electron chi connectivity index (χ4n) is 2.02. The van der Waals surface area contributed by atoms with Gasteiger partial charge in [-0.05, 0) is 49.8 Å².